The van der Waals surface area contributed by atoms with E-state index in [1.54, 1.807) is 6.07 Å². The number of methoxy groups -OCH3 is 1. The number of carbonyl (C=O) groups is 1. The fourth-order valence-corrected chi connectivity index (χ4v) is 2.09. The predicted octanol–water partition coefficient (Wildman–Crippen LogP) is 1.88. The van der Waals surface area contributed by atoms with Crippen LogP contribution in [0.1, 0.15) is 10.4 Å². The Hall–Kier alpha value is -0.620. The summed E-state index contributed by atoms with van der Waals surface area (Å²) < 4.78 is 11.5. The SMILES string of the molecule is COC1COc2c(I)cccc2C1=O. The Labute approximate surface area is 95.5 Å². The highest BCUT2D eigenvalue weighted by atomic mass is 127. The maximum absolute atomic E-state index is 11.8. The molecule has 2 rings (SSSR count). The lowest BCUT2D eigenvalue weighted by molar-refractivity contribution is 0.0366. The molecule has 1 aliphatic rings. The minimum Gasteiger partial charge on any atom is -0.489 e. The lowest BCUT2D eigenvalue weighted by atomic mass is 10.0. The van der Waals surface area contributed by atoms with Crippen LogP contribution in [0.15, 0.2) is 18.2 Å². The number of carbonyl (C=O) groups excluding carboxylic acids is 1. The maximum atomic E-state index is 11.8. The first kappa shape index (κ1) is 9.92. The van der Waals surface area contributed by atoms with Crippen LogP contribution >= 0.6 is 22.6 Å². The van der Waals surface area contributed by atoms with Crippen LogP contribution < -0.4 is 4.74 Å². The smallest absolute Gasteiger partial charge is 0.198 e. The van der Waals surface area contributed by atoms with E-state index in [-0.39, 0.29) is 5.78 Å². The van der Waals surface area contributed by atoms with Gasteiger partial charge in [-0.05, 0) is 34.7 Å². The molecule has 0 amide bonds. The van der Waals surface area contributed by atoms with Crippen molar-refractivity contribution in [2.45, 2.75) is 6.10 Å². The van der Waals surface area contributed by atoms with Crippen LogP contribution in [0.5, 0.6) is 5.75 Å². The summed E-state index contributed by atoms with van der Waals surface area (Å²) >= 11 is 2.15. The van der Waals surface area contributed by atoms with E-state index in [0.29, 0.717) is 17.9 Å². The van der Waals surface area contributed by atoms with Gasteiger partial charge in [-0.15, -0.1) is 0 Å². The third kappa shape index (κ3) is 1.52. The summed E-state index contributed by atoms with van der Waals surface area (Å²) in [5.41, 5.74) is 0.620. The summed E-state index contributed by atoms with van der Waals surface area (Å²) in [4.78, 5) is 11.8. The summed E-state index contributed by atoms with van der Waals surface area (Å²) in [6.07, 6.45) is -0.458. The van der Waals surface area contributed by atoms with Gasteiger partial charge in [-0.25, -0.2) is 0 Å². The van der Waals surface area contributed by atoms with Crippen LogP contribution in [0.3, 0.4) is 0 Å². The second-order valence-electron chi connectivity index (χ2n) is 3.02. The zero-order chi connectivity index (χ0) is 10.1. The molecule has 1 aromatic carbocycles. The molecule has 4 heteroatoms. The quantitative estimate of drug-likeness (QED) is 0.743. The number of Topliss-reactive ketones (excluding diaryl/α,β-unsaturated/α-hetero) is 1. The normalized spacial score (nSPS) is 20.1. The molecule has 0 N–H and O–H groups in total. The Morgan fingerprint density at radius 2 is 2.36 bits per heavy atom. The predicted molar refractivity (Wildman–Crippen MR) is 59.8 cm³/mol. The first-order chi connectivity index (χ1) is 6.74. The van der Waals surface area contributed by atoms with Crippen molar-refractivity contribution in [3.05, 3.63) is 27.3 Å². The number of ether oxygens (including phenoxy) is 2. The second kappa shape index (κ2) is 3.86. The highest BCUT2D eigenvalue weighted by molar-refractivity contribution is 14.1. The van der Waals surface area contributed by atoms with Gasteiger partial charge in [0.1, 0.15) is 12.4 Å². The van der Waals surface area contributed by atoms with Gasteiger partial charge in [0.25, 0.3) is 0 Å². The molecule has 1 aliphatic heterocycles. The molecule has 0 spiro atoms. The average molecular weight is 304 g/mol. The van der Waals surface area contributed by atoms with Crippen LogP contribution in [0, 0.1) is 3.57 Å². The maximum Gasteiger partial charge on any atom is 0.198 e. The van der Waals surface area contributed by atoms with E-state index in [9.17, 15) is 4.79 Å². The second-order valence-corrected chi connectivity index (χ2v) is 4.18. The molecule has 1 unspecified atom stereocenters. The van der Waals surface area contributed by atoms with Crippen molar-refractivity contribution < 1.29 is 14.3 Å². The van der Waals surface area contributed by atoms with Gasteiger partial charge in [0, 0.05) is 7.11 Å². The molecule has 0 bridgehead atoms. The number of para-hydroxylation sites is 1. The topological polar surface area (TPSA) is 35.5 Å². The minimum absolute atomic E-state index is 0.00673. The number of hydrogen-bond donors (Lipinski definition) is 0. The van der Waals surface area contributed by atoms with Crippen LogP contribution in [-0.2, 0) is 4.74 Å². The Kier molecular flexibility index (Phi) is 2.73. The number of fused-ring (bicyclic) bond motifs is 1. The molecule has 0 fully saturated rings. The molecule has 0 radical (unpaired) electrons. The first-order valence-corrected chi connectivity index (χ1v) is 5.30. The van der Waals surface area contributed by atoms with Gasteiger partial charge in [0.2, 0.25) is 0 Å². The molecule has 14 heavy (non-hydrogen) atoms. The minimum atomic E-state index is -0.458. The van der Waals surface area contributed by atoms with Crippen LogP contribution in [0.2, 0.25) is 0 Å². The summed E-state index contributed by atoms with van der Waals surface area (Å²) in [6, 6.07) is 5.53. The van der Waals surface area contributed by atoms with Crippen molar-refractivity contribution in [2.75, 3.05) is 13.7 Å². The number of rotatable bonds is 1. The molecular weight excluding hydrogens is 295 g/mol. The van der Waals surface area contributed by atoms with Gasteiger partial charge in [-0.1, -0.05) is 6.07 Å². The molecule has 74 valence electrons. The molecule has 0 aromatic heterocycles. The lowest BCUT2D eigenvalue weighted by Crippen LogP contribution is -2.34. The third-order valence-corrected chi connectivity index (χ3v) is 3.04. The van der Waals surface area contributed by atoms with Gasteiger partial charge in [-0.3, -0.25) is 4.79 Å². The largest absolute Gasteiger partial charge is 0.489 e. The Balaban J connectivity index is 2.46. The molecule has 1 atom stereocenters. The summed E-state index contributed by atoms with van der Waals surface area (Å²) in [7, 11) is 1.52. The molecule has 0 aliphatic carbocycles. The van der Waals surface area contributed by atoms with Gasteiger partial charge in [0.05, 0.1) is 9.13 Å². The Bertz CT molecular complexity index is 376. The van der Waals surface area contributed by atoms with Crippen molar-refractivity contribution in [3.63, 3.8) is 0 Å². The molecule has 1 aromatic rings. The summed E-state index contributed by atoms with van der Waals surface area (Å²) in [5.74, 6) is 0.693. The van der Waals surface area contributed by atoms with Gasteiger partial charge >= 0.3 is 0 Å². The van der Waals surface area contributed by atoms with E-state index in [4.69, 9.17) is 9.47 Å². The molecule has 0 saturated heterocycles. The van der Waals surface area contributed by atoms with Crippen molar-refractivity contribution in [2.24, 2.45) is 0 Å². The van der Waals surface area contributed by atoms with Gasteiger partial charge in [-0.2, -0.15) is 0 Å². The fraction of sp³-hybridized carbons (Fsp3) is 0.300. The van der Waals surface area contributed by atoms with Crippen LogP contribution in [-0.4, -0.2) is 25.6 Å². The molecule has 3 nitrogen and oxygen atoms in total. The van der Waals surface area contributed by atoms with Gasteiger partial charge < -0.3 is 9.47 Å². The van der Waals surface area contributed by atoms with Crippen molar-refractivity contribution in [3.8, 4) is 5.75 Å². The van der Waals surface area contributed by atoms with Crippen LogP contribution in [0.25, 0.3) is 0 Å². The summed E-state index contributed by atoms with van der Waals surface area (Å²) in [6.45, 7) is 0.308. The first-order valence-electron chi connectivity index (χ1n) is 4.22. The zero-order valence-corrected chi connectivity index (χ0v) is 9.78. The average Bonchev–Trinajstić information content (AvgIpc) is 2.20. The summed E-state index contributed by atoms with van der Waals surface area (Å²) in [5, 5.41) is 0. The van der Waals surface area contributed by atoms with E-state index in [0.717, 1.165) is 3.57 Å². The number of hydrogen-bond acceptors (Lipinski definition) is 3. The lowest BCUT2D eigenvalue weighted by Gasteiger charge is -2.23. The van der Waals surface area contributed by atoms with Crippen molar-refractivity contribution in [1.82, 2.24) is 0 Å². The monoisotopic (exact) mass is 304 g/mol. The number of benzene rings is 1. The Morgan fingerprint density at radius 3 is 3.07 bits per heavy atom. The van der Waals surface area contributed by atoms with E-state index in [1.165, 1.54) is 7.11 Å². The van der Waals surface area contributed by atoms with Gasteiger partial charge in [0.15, 0.2) is 11.9 Å². The number of halogens is 1. The van der Waals surface area contributed by atoms with E-state index < -0.39 is 6.10 Å². The third-order valence-electron chi connectivity index (χ3n) is 2.19. The standard InChI is InChI=1S/C10H9IO3/c1-13-8-5-14-10-6(9(8)12)3-2-4-7(10)11/h2-4,8H,5H2,1H3. The van der Waals surface area contributed by atoms with E-state index in [2.05, 4.69) is 22.6 Å². The molecule has 0 saturated carbocycles. The van der Waals surface area contributed by atoms with Crippen LogP contribution in [0.4, 0.5) is 0 Å². The highest BCUT2D eigenvalue weighted by Crippen LogP contribution is 2.30. The van der Waals surface area contributed by atoms with E-state index in [1.807, 2.05) is 12.1 Å². The van der Waals surface area contributed by atoms with E-state index >= 15 is 0 Å². The van der Waals surface area contributed by atoms with Crippen molar-refractivity contribution in [1.29, 1.82) is 0 Å². The zero-order valence-electron chi connectivity index (χ0n) is 7.62. The molecule has 1 heterocycles. The Morgan fingerprint density at radius 1 is 1.57 bits per heavy atom. The molecular formula is C10H9IO3. The van der Waals surface area contributed by atoms with Crippen molar-refractivity contribution >= 4 is 28.4 Å². The highest BCUT2D eigenvalue weighted by Gasteiger charge is 2.29. The fourth-order valence-electron chi connectivity index (χ4n) is 1.43. The number of ketones is 1.